The van der Waals surface area contributed by atoms with Crippen molar-refractivity contribution < 1.29 is 4.74 Å². The van der Waals surface area contributed by atoms with Gasteiger partial charge in [0.25, 0.3) is 0 Å². The summed E-state index contributed by atoms with van der Waals surface area (Å²) < 4.78 is 5.91. The van der Waals surface area contributed by atoms with Gasteiger partial charge in [0.2, 0.25) is 0 Å². The van der Waals surface area contributed by atoms with Crippen molar-refractivity contribution in [2.24, 2.45) is 5.73 Å². The summed E-state index contributed by atoms with van der Waals surface area (Å²) >= 11 is 6.26. The molecule has 2 N–H and O–H groups in total. The third-order valence-electron chi connectivity index (χ3n) is 3.28. The number of halogens is 1. The third-order valence-corrected chi connectivity index (χ3v) is 3.58. The minimum Gasteiger partial charge on any atom is -0.487 e. The Morgan fingerprint density at radius 3 is 2.55 bits per heavy atom. The normalized spacial score (nSPS) is 12.2. The zero-order valence-corrected chi connectivity index (χ0v) is 12.4. The van der Waals surface area contributed by atoms with E-state index in [0.29, 0.717) is 11.6 Å². The summed E-state index contributed by atoms with van der Waals surface area (Å²) in [5, 5.41) is 0.640. The van der Waals surface area contributed by atoms with Gasteiger partial charge in [0.15, 0.2) is 0 Å². The minimum atomic E-state index is 0.132. The monoisotopic (exact) mass is 289 g/mol. The second-order valence-electron chi connectivity index (χ2n) is 4.87. The van der Waals surface area contributed by atoms with Crippen molar-refractivity contribution in [2.75, 3.05) is 0 Å². The van der Waals surface area contributed by atoms with E-state index >= 15 is 0 Å². The number of hydrogen-bond donors (Lipinski definition) is 1. The number of benzene rings is 2. The summed E-state index contributed by atoms with van der Waals surface area (Å²) in [5.41, 5.74) is 8.23. The molecule has 0 radical (unpaired) electrons. The van der Waals surface area contributed by atoms with E-state index < -0.39 is 0 Å². The van der Waals surface area contributed by atoms with Crippen LogP contribution in [-0.4, -0.2) is 6.04 Å². The zero-order chi connectivity index (χ0) is 14.4. The first-order valence-electron chi connectivity index (χ1n) is 6.90. The Kier molecular flexibility index (Phi) is 5.45. The average Bonchev–Trinajstić information content (AvgIpc) is 2.47. The highest BCUT2D eigenvalue weighted by Crippen LogP contribution is 2.30. The number of ether oxygens (including phenoxy) is 1. The Bertz CT molecular complexity index is 542. The van der Waals surface area contributed by atoms with Crippen molar-refractivity contribution in [3.63, 3.8) is 0 Å². The molecule has 1 unspecified atom stereocenters. The van der Waals surface area contributed by atoms with Crippen molar-refractivity contribution in [3.05, 3.63) is 64.7 Å². The van der Waals surface area contributed by atoms with Gasteiger partial charge in [-0.1, -0.05) is 61.0 Å². The second kappa shape index (κ2) is 7.32. The molecule has 0 amide bonds. The van der Waals surface area contributed by atoms with Gasteiger partial charge >= 0.3 is 0 Å². The molecule has 20 heavy (non-hydrogen) atoms. The maximum atomic E-state index is 6.26. The quantitative estimate of drug-likeness (QED) is 0.865. The lowest BCUT2D eigenvalue weighted by atomic mass is 10.0. The minimum absolute atomic E-state index is 0.132. The number of rotatable bonds is 6. The van der Waals surface area contributed by atoms with Gasteiger partial charge in [-0.15, -0.1) is 0 Å². The van der Waals surface area contributed by atoms with Crippen molar-refractivity contribution in [1.82, 2.24) is 0 Å². The Morgan fingerprint density at radius 2 is 1.85 bits per heavy atom. The maximum Gasteiger partial charge on any atom is 0.141 e. The van der Waals surface area contributed by atoms with Crippen LogP contribution in [0.2, 0.25) is 5.02 Å². The van der Waals surface area contributed by atoms with E-state index in [1.54, 1.807) is 0 Å². The molecule has 2 nitrogen and oxygen atoms in total. The Labute approximate surface area is 125 Å². The van der Waals surface area contributed by atoms with Crippen LogP contribution in [0, 0.1) is 0 Å². The molecule has 2 rings (SSSR count). The van der Waals surface area contributed by atoms with Crippen LogP contribution < -0.4 is 10.5 Å². The van der Waals surface area contributed by atoms with Crippen molar-refractivity contribution in [2.45, 2.75) is 32.4 Å². The van der Waals surface area contributed by atoms with Gasteiger partial charge < -0.3 is 10.5 Å². The van der Waals surface area contributed by atoms with E-state index in [2.05, 4.69) is 6.92 Å². The van der Waals surface area contributed by atoms with E-state index in [9.17, 15) is 0 Å². The highest BCUT2D eigenvalue weighted by atomic mass is 35.5. The van der Waals surface area contributed by atoms with Gasteiger partial charge in [-0.2, -0.15) is 0 Å². The SMILES string of the molecule is CCC(N)Cc1cccc(Cl)c1OCc1ccccc1. The van der Waals surface area contributed by atoms with E-state index in [1.165, 1.54) is 0 Å². The number of para-hydroxylation sites is 1. The molecule has 1 atom stereocenters. The molecule has 2 aromatic rings. The van der Waals surface area contributed by atoms with E-state index in [1.807, 2.05) is 48.5 Å². The Morgan fingerprint density at radius 1 is 1.10 bits per heavy atom. The lowest BCUT2D eigenvalue weighted by molar-refractivity contribution is 0.302. The predicted octanol–water partition coefficient (Wildman–Crippen LogP) is 4.20. The van der Waals surface area contributed by atoms with Crippen LogP contribution in [0.4, 0.5) is 0 Å². The smallest absolute Gasteiger partial charge is 0.141 e. The first kappa shape index (κ1) is 14.9. The summed E-state index contributed by atoms with van der Waals surface area (Å²) in [7, 11) is 0. The van der Waals surface area contributed by atoms with Gasteiger partial charge in [0, 0.05) is 6.04 Å². The lowest BCUT2D eigenvalue weighted by Gasteiger charge is -2.15. The fourth-order valence-electron chi connectivity index (χ4n) is 2.03. The molecule has 2 aromatic carbocycles. The second-order valence-corrected chi connectivity index (χ2v) is 5.28. The molecule has 0 aliphatic carbocycles. The molecule has 0 saturated carbocycles. The summed E-state index contributed by atoms with van der Waals surface area (Å²) in [6, 6.07) is 16.0. The van der Waals surface area contributed by atoms with Crippen molar-refractivity contribution in [1.29, 1.82) is 0 Å². The van der Waals surface area contributed by atoms with Gasteiger partial charge in [-0.25, -0.2) is 0 Å². The van der Waals surface area contributed by atoms with Gasteiger partial charge in [0.1, 0.15) is 12.4 Å². The fourth-order valence-corrected chi connectivity index (χ4v) is 2.28. The largest absolute Gasteiger partial charge is 0.487 e. The molecule has 0 aliphatic rings. The summed E-state index contributed by atoms with van der Waals surface area (Å²) in [4.78, 5) is 0. The molecule has 0 heterocycles. The van der Waals surface area contributed by atoms with Crippen LogP contribution in [0.25, 0.3) is 0 Å². The summed E-state index contributed by atoms with van der Waals surface area (Å²) in [6.45, 7) is 2.60. The van der Waals surface area contributed by atoms with Crippen LogP contribution in [0.15, 0.2) is 48.5 Å². The molecule has 0 aromatic heterocycles. The highest BCUT2D eigenvalue weighted by Gasteiger charge is 2.11. The van der Waals surface area contributed by atoms with Gasteiger partial charge in [0.05, 0.1) is 5.02 Å². The van der Waals surface area contributed by atoms with Gasteiger partial charge in [-0.3, -0.25) is 0 Å². The molecular formula is C17H20ClNO. The standard InChI is InChI=1S/C17H20ClNO/c1-2-15(19)11-14-9-6-10-16(18)17(14)20-12-13-7-4-3-5-8-13/h3-10,15H,2,11-12,19H2,1H3. The Balaban J connectivity index is 2.13. The molecule has 0 aliphatic heterocycles. The first-order chi connectivity index (χ1) is 9.70. The molecule has 0 saturated heterocycles. The van der Waals surface area contributed by atoms with E-state index in [4.69, 9.17) is 22.1 Å². The molecule has 3 heteroatoms. The molecule has 0 fully saturated rings. The molecular weight excluding hydrogens is 270 g/mol. The predicted molar refractivity (Wildman–Crippen MR) is 84.2 cm³/mol. The van der Waals surface area contributed by atoms with Crippen molar-refractivity contribution in [3.8, 4) is 5.75 Å². The lowest BCUT2D eigenvalue weighted by Crippen LogP contribution is -2.21. The van der Waals surface area contributed by atoms with Crippen LogP contribution in [0.1, 0.15) is 24.5 Å². The van der Waals surface area contributed by atoms with E-state index in [0.717, 1.165) is 29.7 Å². The zero-order valence-electron chi connectivity index (χ0n) is 11.7. The Hall–Kier alpha value is -1.51. The van der Waals surface area contributed by atoms with E-state index in [-0.39, 0.29) is 6.04 Å². The van der Waals surface area contributed by atoms with Crippen LogP contribution in [0.3, 0.4) is 0 Å². The first-order valence-corrected chi connectivity index (χ1v) is 7.28. The highest BCUT2D eigenvalue weighted by molar-refractivity contribution is 6.32. The molecule has 0 spiro atoms. The topological polar surface area (TPSA) is 35.2 Å². The van der Waals surface area contributed by atoms with Gasteiger partial charge in [-0.05, 0) is 30.0 Å². The van der Waals surface area contributed by atoms with Crippen molar-refractivity contribution >= 4 is 11.6 Å². The third kappa shape index (κ3) is 3.99. The van der Waals surface area contributed by atoms with Crippen LogP contribution >= 0.6 is 11.6 Å². The summed E-state index contributed by atoms with van der Waals surface area (Å²) in [5.74, 6) is 0.752. The molecule has 0 bridgehead atoms. The fraction of sp³-hybridized carbons (Fsp3) is 0.294. The average molecular weight is 290 g/mol. The number of hydrogen-bond acceptors (Lipinski definition) is 2. The maximum absolute atomic E-state index is 6.26. The van der Waals surface area contributed by atoms with Crippen LogP contribution in [0.5, 0.6) is 5.75 Å². The molecule has 106 valence electrons. The summed E-state index contributed by atoms with van der Waals surface area (Å²) in [6.07, 6.45) is 1.71. The number of nitrogens with two attached hydrogens (primary N) is 1. The van der Waals surface area contributed by atoms with Crippen LogP contribution in [-0.2, 0) is 13.0 Å².